The molecule has 2 aromatic carbocycles. The van der Waals surface area contributed by atoms with Gasteiger partial charge in [0.2, 0.25) is 7.56 Å². The zero-order chi connectivity index (χ0) is 19.5. The fraction of sp³-hybridized carbons (Fsp3) is 0.300. The minimum absolute atomic E-state index is 0.0290. The van der Waals surface area contributed by atoms with Crippen molar-refractivity contribution in [3.63, 3.8) is 0 Å². The van der Waals surface area contributed by atoms with E-state index in [-0.39, 0.29) is 25.0 Å². The van der Waals surface area contributed by atoms with E-state index >= 15 is 0 Å². The SMILES string of the molecule is CCOC(=O)CN[P+](NCC(=O)OCC)(c1ccccc1)c1ccccc1. The second kappa shape index (κ2) is 10.8. The zero-order valence-electron chi connectivity index (χ0n) is 15.7. The van der Waals surface area contributed by atoms with Crippen LogP contribution in [-0.4, -0.2) is 38.2 Å². The number of esters is 2. The van der Waals surface area contributed by atoms with E-state index in [4.69, 9.17) is 9.47 Å². The number of hydrogen-bond donors (Lipinski definition) is 2. The summed E-state index contributed by atoms with van der Waals surface area (Å²) in [7, 11) is -2.46. The summed E-state index contributed by atoms with van der Waals surface area (Å²) in [5, 5.41) is 8.68. The van der Waals surface area contributed by atoms with Crippen LogP contribution >= 0.6 is 7.56 Å². The Morgan fingerprint density at radius 2 is 1.11 bits per heavy atom. The van der Waals surface area contributed by atoms with Crippen LogP contribution in [0.5, 0.6) is 0 Å². The van der Waals surface area contributed by atoms with Crippen molar-refractivity contribution in [1.82, 2.24) is 10.2 Å². The molecule has 144 valence electrons. The lowest BCUT2D eigenvalue weighted by Crippen LogP contribution is -2.46. The van der Waals surface area contributed by atoms with Crippen LogP contribution in [0.4, 0.5) is 0 Å². The van der Waals surface area contributed by atoms with E-state index in [2.05, 4.69) is 10.2 Å². The fourth-order valence-corrected chi connectivity index (χ4v) is 5.78. The number of carbonyl (C=O) groups is 2. The normalized spacial score (nSPS) is 11.0. The van der Waals surface area contributed by atoms with Crippen LogP contribution in [0, 0.1) is 0 Å². The van der Waals surface area contributed by atoms with Gasteiger partial charge in [-0.1, -0.05) is 36.4 Å². The molecule has 27 heavy (non-hydrogen) atoms. The number of ether oxygens (including phenoxy) is 2. The molecule has 0 aliphatic heterocycles. The van der Waals surface area contributed by atoms with Crippen LogP contribution in [-0.2, 0) is 19.1 Å². The third-order valence-electron chi connectivity index (χ3n) is 3.82. The van der Waals surface area contributed by atoms with E-state index in [0.29, 0.717) is 13.2 Å². The highest BCUT2D eigenvalue weighted by molar-refractivity contribution is 7.86. The van der Waals surface area contributed by atoms with Gasteiger partial charge >= 0.3 is 11.9 Å². The molecule has 6 nitrogen and oxygen atoms in total. The van der Waals surface area contributed by atoms with Gasteiger partial charge in [-0.05, 0) is 38.1 Å². The Hall–Kier alpha value is -2.27. The van der Waals surface area contributed by atoms with Gasteiger partial charge in [-0.2, -0.15) is 10.2 Å². The van der Waals surface area contributed by atoms with Crippen LogP contribution in [0.3, 0.4) is 0 Å². The van der Waals surface area contributed by atoms with E-state index in [1.165, 1.54) is 0 Å². The maximum Gasteiger partial charge on any atom is 0.323 e. The number of carbonyl (C=O) groups excluding carboxylic acids is 2. The third kappa shape index (κ3) is 5.86. The summed E-state index contributed by atoms with van der Waals surface area (Å²) in [6.45, 7) is 4.24. The molecule has 0 aromatic heterocycles. The fourth-order valence-electron chi connectivity index (χ4n) is 2.66. The van der Waals surface area contributed by atoms with Gasteiger partial charge in [0.25, 0.3) is 0 Å². The molecule has 0 heterocycles. The van der Waals surface area contributed by atoms with Gasteiger partial charge in [0.1, 0.15) is 23.7 Å². The standard InChI is InChI=1S/C20H26N2O4P/c1-3-25-19(23)15-21-27(17-11-7-5-8-12-17,18-13-9-6-10-14-18)22-16-20(24)26-4-2/h5-14,21-22H,3-4,15-16H2,1-2H3/q+1. The molecule has 0 radical (unpaired) electrons. The van der Waals surface area contributed by atoms with Gasteiger partial charge in [0, 0.05) is 0 Å². The molecule has 0 amide bonds. The summed E-state index contributed by atoms with van der Waals surface area (Å²) in [5.41, 5.74) is 0. The third-order valence-corrected chi connectivity index (χ3v) is 7.23. The van der Waals surface area contributed by atoms with Crippen molar-refractivity contribution >= 4 is 30.1 Å². The maximum atomic E-state index is 12.0. The number of benzene rings is 2. The first-order valence-electron chi connectivity index (χ1n) is 8.94. The first kappa shape index (κ1) is 21.0. The summed E-state index contributed by atoms with van der Waals surface area (Å²) in [6, 6.07) is 19.5. The molecule has 0 bridgehead atoms. The number of nitrogens with one attached hydrogen (secondary N) is 2. The summed E-state index contributed by atoms with van der Waals surface area (Å²) in [4.78, 5) is 24.0. The summed E-state index contributed by atoms with van der Waals surface area (Å²) < 4.78 is 10.1. The molecule has 7 heteroatoms. The van der Waals surface area contributed by atoms with Gasteiger partial charge in [-0.15, -0.1) is 0 Å². The van der Waals surface area contributed by atoms with E-state index in [0.717, 1.165) is 10.6 Å². The average molecular weight is 389 g/mol. The van der Waals surface area contributed by atoms with Gasteiger partial charge in [-0.25, -0.2) is 0 Å². The Bertz CT molecular complexity index is 662. The molecule has 0 unspecified atom stereocenters. The van der Waals surface area contributed by atoms with Gasteiger partial charge < -0.3 is 9.47 Å². The van der Waals surface area contributed by atoms with Crippen molar-refractivity contribution in [2.75, 3.05) is 26.3 Å². The highest BCUT2D eigenvalue weighted by atomic mass is 31.2. The molecule has 2 aromatic rings. The molecule has 0 saturated heterocycles. The lowest BCUT2D eigenvalue weighted by molar-refractivity contribution is -0.142. The second-order valence-corrected chi connectivity index (χ2v) is 8.63. The molecule has 0 saturated carbocycles. The second-order valence-electron chi connectivity index (χ2n) is 5.62. The monoisotopic (exact) mass is 389 g/mol. The minimum atomic E-state index is -2.46. The van der Waals surface area contributed by atoms with Crippen molar-refractivity contribution in [3.8, 4) is 0 Å². The zero-order valence-corrected chi connectivity index (χ0v) is 16.6. The Morgan fingerprint density at radius 1 is 0.741 bits per heavy atom. The predicted octanol–water partition coefficient (Wildman–Crippen LogP) is 1.79. The largest absolute Gasteiger partial charge is 0.465 e. The van der Waals surface area contributed by atoms with Crippen molar-refractivity contribution in [2.24, 2.45) is 0 Å². The minimum Gasteiger partial charge on any atom is -0.465 e. The predicted molar refractivity (Wildman–Crippen MR) is 108 cm³/mol. The molecular formula is C20H26N2O4P+. The van der Waals surface area contributed by atoms with Crippen LogP contribution in [0.15, 0.2) is 60.7 Å². The van der Waals surface area contributed by atoms with Crippen molar-refractivity contribution in [1.29, 1.82) is 0 Å². The van der Waals surface area contributed by atoms with Gasteiger partial charge in [0.05, 0.1) is 13.2 Å². The highest BCUT2D eigenvalue weighted by Gasteiger charge is 2.44. The molecule has 0 aliphatic rings. The summed E-state index contributed by atoms with van der Waals surface area (Å²) >= 11 is 0. The molecular weight excluding hydrogens is 363 g/mol. The van der Waals surface area contributed by atoms with E-state index in [1.807, 2.05) is 60.7 Å². The Labute approximate surface area is 160 Å². The Balaban J connectivity index is 2.41. The quantitative estimate of drug-likeness (QED) is 0.477. The van der Waals surface area contributed by atoms with Crippen LogP contribution in [0.2, 0.25) is 0 Å². The molecule has 2 N–H and O–H groups in total. The Morgan fingerprint density at radius 3 is 1.44 bits per heavy atom. The molecule has 0 aliphatic carbocycles. The van der Waals surface area contributed by atoms with Crippen molar-refractivity contribution in [2.45, 2.75) is 13.8 Å². The maximum absolute atomic E-state index is 12.0. The van der Waals surface area contributed by atoms with Crippen LogP contribution < -0.4 is 20.8 Å². The Kier molecular flexibility index (Phi) is 8.40. The summed E-state index contributed by atoms with van der Waals surface area (Å²) in [6.07, 6.45) is 0. The van der Waals surface area contributed by atoms with E-state index < -0.39 is 7.56 Å². The molecule has 0 spiro atoms. The van der Waals surface area contributed by atoms with Crippen molar-refractivity contribution in [3.05, 3.63) is 60.7 Å². The number of hydrogen-bond acceptors (Lipinski definition) is 6. The molecule has 0 atom stereocenters. The lowest BCUT2D eigenvalue weighted by Gasteiger charge is -2.27. The molecule has 2 rings (SSSR count). The first-order chi connectivity index (χ1) is 13.1. The smallest absolute Gasteiger partial charge is 0.323 e. The number of rotatable bonds is 10. The lowest BCUT2D eigenvalue weighted by atomic mass is 10.4. The average Bonchev–Trinajstić information content (AvgIpc) is 2.70. The highest BCUT2D eigenvalue weighted by Crippen LogP contribution is 2.47. The van der Waals surface area contributed by atoms with Gasteiger partial charge in [-0.3, -0.25) is 9.59 Å². The van der Waals surface area contributed by atoms with Gasteiger partial charge in [0.15, 0.2) is 0 Å². The van der Waals surface area contributed by atoms with Crippen molar-refractivity contribution < 1.29 is 19.1 Å². The van der Waals surface area contributed by atoms with E-state index in [1.54, 1.807) is 13.8 Å². The first-order valence-corrected chi connectivity index (χ1v) is 10.7. The summed E-state index contributed by atoms with van der Waals surface area (Å²) in [5.74, 6) is -0.682. The van der Waals surface area contributed by atoms with E-state index in [9.17, 15) is 9.59 Å². The topological polar surface area (TPSA) is 76.7 Å². The molecule has 0 fully saturated rings. The van der Waals surface area contributed by atoms with Crippen LogP contribution in [0.1, 0.15) is 13.8 Å². The van der Waals surface area contributed by atoms with Crippen LogP contribution in [0.25, 0.3) is 0 Å².